The van der Waals surface area contributed by atoms with E-state index in [0.29, 0.717) is 11.8 Å². The maximum Gasteiger partial charge on any atom is 0.0912 e. The summed E-state index contributed by atoms with van der Waals surface area (Å²) in [7, 11) is 0. The highest BCUT2D eigenvalue weighted by atomic mass is 16.5. The molecule has 3 nitrogen and oxygen atoms in total. The number of ether oxygens (including phenoxy) is 2. The van der Waals surface area contributed by atoms with Crippen LogP contribution in [-0.4, -0.2) is 25.9 Å². The van der Waals surface area contributed by atoms with Gasteiger partial charge in [-0.25, -0.2) is 0 Å². The van der Waals surface area contributed by atoms with Gasteiger partial charge in [-0.1, -0.05) is 6.92 Å². The van der Waals surface area contributed by atoms with E-state index in [1.54, 1.807) is 0 Å². The van der Waals surface area contributed by atoms with Gasteiger partial charge < -0.3 is 15.2 Å². The molecular weight excluding hydrogens is 178 g/mol. The minimum Gasteiger partial charge on any atom is -0.501 e. The molecule has 0 aromatic rings. The van der Waals surface area contributed by atoms with Crippen LogP contribution in [0.15, 0.2) is 11.8 Å². The van der Waals surface area contributed by atoms with E-state index in [-0.39, 0.29) is 6.04 Å². The summed E-state index contributed by atoms with van der Waals surface area (Å²) in [5.74, 6) is 1.14. The van der Waals surface area contributed by atoms with Crippen molar-refractivity contribution in [2.24, 2.45) is 17.6 Å². The maximum absolute atomic E-state index is 6.24. The van der Waals surface area contributed by atoms with Crippen LogP contribution in [0.3, 0.4) is 0 Å². The van der Waals surface area contributed by atoms with Crippen LogP contribution in [0.1, 0.15) is 19.8 Å². The monoisotopic (exact) mass is 197 g/mol. The van der Waals surface area contributed by atoms with Gasteiger partial charge in [0.25, 0.3) is 0 Å². The predicted molar refractivity (Wildman–Crippen MR) is 54.7 cm³/mol. The van der Waals surface area contributed by atoms with Gasteiger partial charge in [0.15, 0.2) is 0 Å². The third-order valence-electron chi connectivity index (χ3n) is 3.34. The summed E-state index contributed by atoms with van der Waals surface area (Å²) in [5.41, 5.74) is 7.52. The van der Waals surface area contributed by atoms with E-state index < -0.39 is 0 Å². The molecule has 1 fully saturated rings. The molecule has 2 aliphatic heterocycles. The molecule has 2 N–H and O–H groups in total. The lowest BCUT2D eigenvalue weighted by atomic mass is 9.81. The van der Waals surface area contributed by atoms with E-state index >= 15 is 0 Å². The largest absolute Gasteiger partial charge is 0.501 e. The fraction of sp³-hybridized carbons (Fsp3) is 0.818. The topological polar surface area (TPSA) is 44.5 Å². The Kier molecular flexibility index (Phi) is 3.08. The average Bonchev–Trinajstić information content (AvgIpc) is 2.70. The molecule has 2 heterocycles. The van der Waals surface area contributed by atoms with Crippen molar-refractivity contribution in [2.75, 3.05) is 19.8 Å². The molecule has 3 heteroatoms. The molecule has 0 aromatic carbocycles. The molecule has 1 saturated heterocycles. The van der Waals surface area contributed by atoms with E-state index in [0.717, 1.165) is 32.7 Å². The first-order valence-electron chi connectivity index (χ1n) is 5.43. The molecule has 0 radical (unpaired) electrons. The first-order chi connectivity index (χ1) is 6.79. The summed E-state index contributed by atoms with van der Waals surface area (Å²) in [6, 6.07) is 0.177. The number of hydrogen-bond donors (Lipinski definition) is 1. The van der Waals surface area contributed by atoms with E-state index in [1.165, 1.54) is 5.57 Å². The summed E-state index contributed by atoms with van der Waals surface area (Å²) in [6.07, 6.45) is 3.94. The van der Waals surface area contributed by atoms with Crippen LogP contribution >= 0.6 is 0 Å². The predicted octanol–water partition coefficient (Wildman–Crippen LogP) is 1.29. The third kappa shape index (κ3) is 1.93. The molecule has 0 aliphatic carbocycles. The van der Waals surface area contributed by atoms with E-state index in [2.05, 4.69) is 6.92 Å². The summed E-state index contributed by atoms with van der Waals surface area (Å²) in [5, 5.41) is 0. The highest BCUT2D eigenvalue weighted by Crippen LogP contribution is 2.29. The van der Waals surface area contributed by atoms with Crippen molar-refractivity contribution in [3.05, 3.63) is 11.8 Å². The van der Waals surface area contributed by atoms with Crippen LogP contribution in [0.25, 0.3) is 0 Å². The Labute approximate surface area is 85.3 Å². The summed E-state index contributed by atoms with van der Waals surface area (Å²) >= 11 is 0. The van der Waals surface area contributed by atoms with Crippen molar-refractivity contribution in [1.29, 1.82) is 0 Å². The minimum absolute atomic E-state index is 0.177. The Morgan fingerprint density at radius 2 is 2.36 bits per heavy atom. The van der Waals surface area contributed by atoms with Crippen LogP contribution in [-0.2, 0) is 9.47 Å². The van der Waals surface area contributed by atoms with Crippen molar-refractivity contribution in [3.8, 4) is 0 Å². The average molecular weight is 197 g/mol. The molecule has 0 amide bonds. The van der Waals surface area contributed by atoms with Crippen molar-refractivity contribution in [1.82, 2.24) is 0 Å². The second-order valence-electron chi connectivity index (χ2n) is 4.34. The molecule has 0 aromatic heterocycles. The van der Waals surface area contributed by atoms with Gasteiger partial charge in [0.05, 0.1) is 12.9 Å². The maximum atomic E-state index is 6.24. The highest BCUT2D eigenvalue weighted by molar-refractivity contribution is 5.12. The fourth-order valence-electron chi connectivity index (χ4n) is 2.35. The zero-order valence-corrected chi connectivity index (χ0v) is 8.74. The zero-order chi connectivity index (χ0) is 9.97. The molecule has 0 spiro atoms. The molecule has 2 rings (SSSR count). The van der Waals surface area contributed by atoms with Crippen LogP contribution in [0, 0.1) is 11.8 Å². The lowest BCUT2D eigenvalue weighted by Crippen LogP contribution is -2.40. The van der Waals surface area contributed by atoms with Crippen LogP contribution < -0.4 is 5.73 Å². The van der Waals surface area contributed by atoms with E-state index in [1.807, 2.05) is 6.26 Å². The SMILES string of the molecule is CC1COCCC1C(N)C1=COCC1. The smallest absolute Gasteiger partial charge is 0.0912 e. The van der Waals surface area contributed by atoms with Crippen molar-refractivity contribution >= 4 is 0 Å². The third-order valence-corrected chi connectivity index (χ3v) is 3.34. The van der Waals surface area contributed by atoms with Gasteiger partial charge in [-0.15, -0.1) is 0 Å². The van der Waals surface area contributed by atoms with Crippen molar-refractivity contribution in [3.63, 3.8) is 0 Å². The van der Waals surface area contributed by atoms with Gasteiger partial charge in [-0.05, 0) is 23.8 Å². The molecule has 0 saturated carbocycles. The number of rotatable bonds is 2. The standard InChI is InChI=1S/C11H19NO2/c1-8-6-13-5-3-10(8)11(12)9-2-4-14-7-9/h7-8,10-11H,2-6,12H2,1H3. The molecule has 14 heavy (non-hydrogen) atoms. The van der Waals surface area contributed by atoms with Gasteiger partial charge in [0.1, 0.15) is 0 Å². The first kappa shape index (κ1) is 9.99. The van der Waals surface area contributed by atoms with Gasteiger partial charge in [-0.2, -0.15) is 0 Å². The summed E-state index contributed by atoms with van der Waals surface area (Å²) in [4.78, 5) is 0. The summed E-state index contributed by atoms with van der Waals surface area (Å²) in [6.45, 7) is 4.74. The molecule has 3 atom stereocenters. The molecule has 80 valence electrons. The fourth-order valence-corrected chi connectivity index (χ4v) is 2.35. The normalized spacial score (nSPS) is 34.9. The Bertz CT molecular complexity index is 227. The second-order valence-corrected chi connectivity index (χ2v) is 4.34. The minimum atomic E-state index is 0.177. The van der Waals surface area contributed by atoms with E-state index in [9.17, 15) is 0 Å². The lowest BCUT2D eigenvalue weighted by Gasteiger charge is -2.33. The highest BCUT2D eigenvalue weighted by Gasteiger charge is 2.30. The van der Waals surface area contributed by atoms with Crippen LogP contribution in [0.4, 0.5) is 0 Å². The Morgan fingerprint density at radius 1 is 1.50 bits per heavy atom. The van der Waals surface area contributed by atoms with Gasteiger partial charge in [0, 0.05) is 25.7 Å². The number of hydrogen-bond acceptors (Lipinski definition) is 3. The Morgan fingerprint density at radius 3 is 3.00 bits per heavy atom. The van der Waals surface area contributed by atoms with Gasteiger partial charge in [0.2, 0.25) is 0 Å². The zero-order valence-electron chi connectivity index (χ0n) is 8.74. The van der Waals surface area contributed by atoms with Crippen molar-refractivity contribution in [2.45, 2.75) is 25.8 Å². The van der Waals surface area contributed by atoms with Crippen LogP contribution in [0.5, 0.6) is 0 Å². The summed E-state index contributed by atoms with van der Waals surface area (Å²) < 4.78 is 10.6. The lowest BCUT2D eigenvalue weighted by molar-refractivity contribution is 0.0192. The Balaban J connectivity index is 1.98. The molecule has 2 aliphatic rings. The van der Waals surface area contributed by atoms with Crippen molar-refractivity contribution < 1.29 is 9.47 Å². The van der Waals surface area contributed by atoms with Crippen LogP contribution in [0.2, 0.25) is 0 Å². The van der Waals surface area contributed by atoms with E-state index in [4.69, 9.17) is 15.2 Å². The molecule has 3 unspecified atom stereocenters. The van der Waals surface area contributed by atoms with Gasteiger partial charge >= 0.3 is 0 Å². The first-order valence-corrected chi connectivity index (χ1v) is 5.43. The van der Waals surface area contributed by atoms with Gasteiger partial charge in [-0.3, -0.25) is 0 Å². The second kappa shape index (κ2) is 4.32. The number of nitrogens with two attached hydrogens (primary N) is 1. The quantitative estimate of drug-likeness (QED) is 0.725. The molecule has 0 bridgehead atoms. The molecular formula is C11H19NO2. The Hall–Kier alpha value is -0.540.